The number of aryl methyl sites for hydroxylation is 1. The largest absolute Gasteiger partial charge is 0.386 e. The molecule has 0 aliphatic carbocycles. The van der Waals surface area contributed by atoms with Gasteiger partial charge in [-0.25, -0.2) is 22.8 Å². The number of nitrogens with zero attached hydrogens (tertiary/aromatic N) is 4. The number of halogens is 1. The molecule has 7 nitrogen and oxygen atoms in total. The summed E-state index contributed by atoms with van der Waals surface area (Å²) in [5.74, 6) is 1.04. The molecule has 1 aliphatic rings. The second-order valence-electron chi connectivity index (χ2n) is 9.45. The van der Waals surface area contributed by atoms with E-state index in [1.54, 1.807) is 12.6 Å². The van der Waals surface area contributed by atoms with Crippen LogP contribution in [0, 0.1) is 12.7 Å². The van der Waals surface area contributed by atoms with Crippen LogP contribution in [0.25, 0.3) is 28.1 Å². The Labute approximate surface area is 214 Å². The van der Waals surface area contributed by atoms with Gasteiger partial charge in [-0.1, -0.05) is 0 Å². The zero-order valence-corrected chi connectivity index (χ0v) is 22.3. The number of benzene rings is 1. The highest BCUT2D eigenvalue weighted by molar-refractivity contribution is 7.91. The molecule has 0 spiro atoms. The summed E-state index contributed by atoms with van der Waals surface area (Å²) in [5.41, 5.74) is 6.48. The Balaban J connectivity index is 1.46. The smallest absolute Gasteiger partial charge is 0.150 e. The lowest BCUT2D eigenvalue weighted by atomic mass is 10.0. The average Bonchev–Trinajstić information content (AvgIpc) is 3.50. The van der Waals surface area contributed by atoms with Crippen molar-refractivity contribution in [3.63, 3.8) is 0 Å². The van der Waals surface area contributed by atoms with Gasteiger partial charge in [-0.15, -0.1) is 11.3 Å². The molecule has 0 saturated carbocycles. The van der Waals surface area contributed by atoms with Gasteiger partial charge in [0.15, 0.2) is 0 Å². The number of fused-ring (bicyclic) bond motifs is 1. The molecule has 1 N–H and O–H groups in total. The monoisotopic (exact) mass is 527 g/mol. The molecule has 0 bridgehead atoms. The number of hydrogen-bond donors (Lipinski definition) is 1. The number of pyridine rings is 1. The molecule has 0 amide bonds. The third-order valence-electron chi connectivity index (χ3n) is 7.11. The van der Waals surface area contributed by atoms with Crippen LogP contribution in [0.2, 0.25) is 0 Å². The second kappa shape index (κ2) is 9.91. The third-order valence-corrected chi connectivity index (χ3v) is 9.40. The van der Waals surface area contributed by atoms with Crippen molar-refractivity contribution in [3.05, 3.63) is 58.3 Å². The number of hydrogen-bond acceptors (Lipinski definition) is 7. The third kappa shape index (κ3) is 4.89. The summed E-state index contributed by atoms with van der Waals surface area (Å²) < 4.78 is 40.3. The van der Waals surface area contributed by atoms with E-state index in [0.717, 1.165) is 46.5 Å². The van der Waals surface area contributed by atoms with Gasteiger partial charge in [0.2, 0.25) is 0 Å². The zero-order valence-electron chi connectivity index (χ0n) is 20.7. The van der Waals surface area contributed by atoms with Crippen molar-refractivity contribution in [1.82, 2.24) is 19.4 Å². The summed E-state index contributed by atoms with van der Waals surface area (Å²) in [6.45, 7) is 2.70. The molecular weight excluding hydrogens is 497 g/mol. The molecule has 1 aromatic carbocycles. The van der Waals surface area contributed by atoms with Crippen LogP contribution >= 0.6 is 11.3 Å². The number of sulfone groups is 1. The molecule has 1 aliphatic heterocycles. The molecule has 0 radical (unpaired) electrons. The van der Waals surface area contributed by atoms with Gasteiger partial charge < -0.3 is 10.2 Å². The molecular formula is C26H30FN5O2S2. The molecule has 1 saturated heterocycles. The van der Waals surface area contributed by atoms with Gasteiger partial charge in [0.1, 0.15) is 27.1 Å². The lowest BCUT2D eigenvalue weighted by Crippen LogP contribution is -2.39. The minimum absolute atomic E-state index is 0.271. The van der Waals surface area contributed by atoms with Crippen molar-refractivity contribution in [3.8, 4) is 17.1 Å². The van der Waals surface area contributed by atoms with E-state index < -0.39 is 9.84 Å². The van der Waals surface area contributed by atoms with E-state index in [1.807, 2.05) is 29.0 Å². The number of aromatic nitrogens is 3. The van der Waals surface area contributed by atoms with E-state index in [2.05, 4.69) is 34.5 Å². The van der Waals surface area contributed by atoms with Gasteiger partial charge in [-0.3, -0.25) is 4.57 Å². The zero-order chi connectivity index (χ0) is 25.4. The van der Waals surface area contributed by atoms with Gasteiger partial charge in [-0.05, 0) is 68.6 Å². The van der Waals surface area contributed by atoms with Crippen molar-refractivity contribution in [2.75, 3.05) is 37.5 Å². The molecule has 0 unspecified atom stereocenters. The summed E-state index contributed by atoms with van der Waals surface area (Å²) in [4.78, 5) is 11.7. The van der Waals surface area contributed by atoms with Gasteiger partial charge in [0.05, 0.1) is 28.4 Å². The molecule has 10 heteroatoms. The van der Waals surface area contributed by atoms with Gasteiger partial charge in [-0.2, -0.15) is 0 Å². The maximum atomic E-state index is 14.6. The fourth-order valence-corrected chi connectivity index (χ4v) is 7.03. The van der Waals surface area contributed by atoms with E-state index in [1.165, 1.54) is 17.4 Å². The van der Waals surface area contributed by atoms with Gasteiger partial charge >= 0.3 is 0 Å². The predicted molar refractivity (Wildman–Crippen MR) is 144 cm³/mol. The fraction of sp³-hybridized carbons (Fsp3) is 0.385. The molecule has 4 aromatic rings. The first kappa shape index (κ1) is 24.9. The van der Waals surface area contributed by atoms with Crippen molar-refractivity contribution < 1.29 is 12.8 Å². The standard InChI is InChI=1S/C26H30FN5O2S2/c1-17-12-19(13-22(27)25(17)28-2)23-5-4-21-18(14-32(26(21)30-23)24-15-35-16-29-24)6-9-31(3)20-7-10-36(33,34)11-8-20/h4-5,12-16,20,28H,6-11H2,1-3H3. The lowest BCUT2D eigenvalue weighted by Gasteiger charge is -2.31. The Hall–Kier alpha value is -2.82. The quantitative estimate of drug-likeness (QED) is 0.376. The molecule has 190 valence electrons. The number of likely N-dealkylation sites (N-methyl/N-ethyl adjacent to an activating group) is 1. The van der Waals surface area contributed by atoms with E-state index in [4.69, 9.17) is 4.98 Å². The van der Waals surface area contributed by atoms with Crippen LogP contribution in [-0.4, -0.2) is 66.0 Å². The maximum absolute atomic E-state index is 14.6. The van der Waals surface area contributed by atoms with Crippen molar-refractivity contribution >= 4 is 37.9 Å². The summed E-state index contributed by atoms with van der Waals surface area (Å²) in [6.07, 6.45) is 4.27. The van der Waals surface area contributed by atoms with Crippen LogP contribution in [0.3, 0.4) is 0 Å². The average molecular weight is 528 g/mol. The van der Waals surface area contributed by atoms with E-state index in [-0.39, 0.29) is 23.4 Å². The first-order valence-electron chi connectivity index (χ1n) is 12.0. The number of nitrogens with one attached hydrogen (secondary N) is 1. The van der Waals surface area contributed by atoms with Crippen LogP contribution in [0.1, 0.15) is 24.0 Å². The highest BCUT2D eigenvalue weighted by Gasteiger charge is 2.26. The number of rotatable bonds is 7. The van der Waals surface area contributed by atoms with E-state index >= 15 is 0 Å². The topological polar surface area (TPSA) is 80.1 Å². The van der Waals surface area contributed by atoms with E-state index in [9.17, 15) is 12.8 Å². The molecule has 1 fully saturated rings. The molecule has 36 heavy (non-hydrogen) atoms. The number of anilines is 1. The second-order valence-corrected chi connectivity index (χ2v) is 12.5. The first-order chi connectivity index (χ1) is 17.3. The summed E-state index contributed by atoms with van der Waals surface area (Å²) in [6, 6.07) is 7.74. The summed E-state index contributed by atoms with van der Waals surface area (Å²) in [5, 5.41) is 5.93. The highest BCUT2D eigenvalue weighted by atomic mass is 32.2. The Morgan fingerprint density at radius 1 is 1.25 bits per heavy atom. The van der Waals surface area contributed by atoms with Crippen LogP contribution in [0.5, 0.6) is 0 Å². The van der Waals surface area contributed by atoms with Crippen LogP contribution < -0.4 is 5.32 Å². The number of thiazole rings is 1. The Bertz CT molecular complexity index is 1460. The van der Waals surface area contributed by atoms with Crippen LogP contribution in [0.4, 0.5) is 10.1 Å². The van der Waals surface area contributed by atoms with Crippen molar-refractivity contribution in [2.24, 2.45) is 0 Å². The Morgan fingerprint density at radius 2 is 2.03 bits per heavy atom. The van der Waals surface area contributed by atoms with Gasteiger partial charge in [0, 0.05) is 42.2 Å². The Morgan fingerprint density at radius 3 is 2.69 bits per heavy atom. The van der Waals surface area contributed by atoms with Gasteiger partial charge in [0.25, 0.3) is 0 Å². The van der Waals surface area contributed by atoms with E-state index in [0.29, 0.717) is 24.2 Å². The van der Waals surface area contributed by atoms with Crippen LogP contribution in [0.15, 0.2) is 41.4 Å². The fourth-order valence-electron chi connectivity index (χ4n) is 5.04. The normalized spacial score (nSPS) is 16.1. The highest BCUT2D eigenvalue weighted by Crippen LogP contribution is 2.31. The molecule has 0 atom stereocenters. The Kier molecular flexibility index (Phi) is 6.84. The van der Waals surface area contributed by atoms with Crippen molar-refractivity contribution in [2.45, 2.75) is 32.2 Å². The minimum Gasteiger partial charge on any atom is -0.386 e. The maximum Gasteiger partial charge on any atom is 0.150 e. The first-order valence-corrected chi connectivity index (χ1v) is 14.8. The summed E-state index contributed by atoms with van der Waals surface area (Å²) in [7, 11) is 0.913. The SMILES string of the molecule is CNc1c(C)cc(-c2ccc3c(CCN(C)C4CCS(=O)(=O)CC4)cn(-c4cscn4)c3n2)cc1F. The lowest BCUT2D eigenvalue weighted by molar-refractivity contribution is 0.229. The summed E-state index contributed by atoms with van der Waals surface area (Å²) >= 11 is 1.52. The molecule has 5 rings (SSSR count). The minimum atomic E-state index is -2.87. The molecule has 3 aromatic heterocycles. The van der Waals surface area contributed by atoms with Crippen LogP contribution in [-0.2, 0) is 16.3 Å². The molecule has 4 heterocycles. The predicted octanol–water partition coefficient (Wildman–Crippen LogP) is 4.69. The van der Waals surface area contributed by atoms with Crippen molar-refractivity contribution in [1.29, 1.82) is 0 Å².